The molecule has 3 amide bonds. The van der Waals surface area contributed by atoms with Crippen LogP contribution in [-0.4, -0.2) is 77.5 Å². The molecule has 1 saturated heterocycles. The minimum atomic E-state index is -0.901. The summed E-state index contributed by atoms with van der Waals surface area (Å²) in [6.07, 6.45) is 1.48. The van der Waals surface area contributed by atoms with Crippen molar-refractivity contribution in [3.8, 4) is 0 Å². The number of likely N-dealkylation sites (tertiary alicyclic amines) is 1. The van der Waals surface area contributed by atoms with Gasteiger partial charge in [0.1, 0.15) is 6.54 Å². The largest absolute Gasteiger partial charge is 0.481 e. The van der Waals surface area contributed by atoms with Gasteiger partial charge < -0.3 is 19.8 Å². The second kappa shape index (κ2) is 7.12. The maximum absolute atomic E-state index is 12.4. The number of urea groups is 1. The Hall–Kier alpha value is -1.79. The van der Waals surface area contributed by atoms with Gasteiger partial charge in [-0.05, 0) is 19.8 Å². The molecule has 114 valence electrons. The lowest BCUT2D eigenvalue weighted by molar-refractivity contribution is -0.138. The van der Waals surface area contributed by atoms with E-state index in [1.165, 1.54) is 9.80 Å². The van der Waals surface area contributed by atoms with Crippen LogP contribution in [0.4, 0.5) is 4.79 Å². The molecule has 1 unspecified atom stereocenters. The molecular weight excluding hydrogens is 262 g/mol. The Bertz CT molecular complexity index is 384. The smallest absolute Gasteiger partial charge is 0.320 e. The van der Waals surface area contributed by atoms with Crippen molar-refractivity contribution in [2.75, 3.05) is 33.7 Å². The number of rotatable bonds is 5. The summed E-state index contributed by atoms with van der Waals surface area (Å²) in [5, 5.41) is 8.88. The summed E-state index contributed by atoms with van der Waals surface area (Å²) in [5.74, 6) is -1.05. The molecule has 1 aliphatic heterocycles. The van der Waals surface area contributed by atoms with E-state index in [0.29, 0.717) is 19.5 Å². The number of carboxylic acids is 1. The summed E-state index contributed by atoms with van der Waals surface area (Å²) in [7, 11) is 3.29. The van der Waals surface area contributed by atoms with E-state index in [9.17, 15) is 14.4 Å². The van der Waals surface area contributed by atoms with E-state index >= 15 is 0 Å². The Balaban J connectivity index is 2.69. The van der Waals surface area contributed by atoms with Crippen molar-refractivity contribution in [3.63, 3.8) is 0 Å². The van der Waals surface area contributed by atoms with Gasteiger partial charge in [-0.25, -0.2) is 4.79 Å². The molecule has 1 atom stereocenters. The highest BCUT2D eigenvalue weighted by molar-refractivity contribution is 5.84. The van der Waals surface area contributed by atoms with Crippen molar-refractivity contribution in [2.24, 2.45) is 0 Å². The topological polar surface area (TPSA) is 81.2 Å². The van der Waals surface area contributed by atoms with Gasteiger partial charge in [0.2, 0.25) is 5.91 Å². The molecule has 0 radical (unpaired) electrons. The maximum Gasteiger partial charge on any atom is 0.320 e. The number of hydrogen-bond donors (Lipinski definition) is 1. The second-order valence-corrected chi connectivity index (χ2v) is 5.17. The predicted octanol–water partition coefficient (Wildman–Crippen LogP) is 0.456. The lowest BCUT2D eigenvalue weighted by atomic mass is 10.1. The van der Waals surface area contributed by atoms with Gasteiger partial charge in [-0.15, -0.1) is 0 Å². The molecule has 0 spiro atoms. The van der Waals surface area contributed by atoms with Crippen molar-refractivity contribution >= 4 is 17.9 Å². The van der Waals surface area contributed by atoms with Gasteiger partial charge in [0.25, 0.3) is 0 Å². The Morgan fingerprint density at radius 3 is 2.45 bits per heavy atom. The minimum Gasteiger partial charge on any atom is -0.481 e. The highest BCUT2D eigenvalue weighted by Crippen LogP contribution is 2.21. The molecule has 20 heavy (non-hydrogen) atoms. The van der Waals surface area contributed by atoms with Crippen LogP contribution >= 0.6 is 0 Å². The summed E-state index contributed by atoms with van der Waals surface area (Å²) < 4.78 is 0. The normalized spacial score (nSPS) is 17.9. The zero-order valence-corrected chi connectivity index (χ0v) is 12.3. The standard InChI is InChI=1S/C13H23N3O4/c1-4-15(9-11(17)14(2)3)13(20)16-7-5-6-10(16)8-12(18)19/h10H,4-9H2,1-3H3,(H,18,19). The van der Waals surface area contributed by atoms with Crippen LogP contribution in [0.2, 0.25) is 0 Å². The van der Waals surface area contributed by atoms with Crippen LogP contribution < -0.4 is 0 Å². The van der Waals surface area contributed by atoms with Crippen molar-refractivity contribution in [1.29, 1.82) is 0 Å². The number of nitrogens with zero attached hydrogens (tertiary/aromatic N) is 3. The van der Waals surface area contributed by atoms with Gasteiger partial charge in [-0.1, -0.05) is 0 Å². The predicted molar refractivity (Wildman–Crippen MR) is 73.3 cm³/mol. The molecule has 0 aromatic rings. The zero-order valence-electron chi connectivity index (χ0n) is 12.3. The molecule has 1 aliphatic rings. The van der Waals surface area contributed by atoms with Crippen molar-refractivity contribution < 1.29 is 19.5 Å². The first-order chi connectivity index (χ1) is 9.36. The van der Waals surface area contributed by atoms with E-state index < -0.39 is 5.97 Å². The third-order valence-electron chi connectivity index (χ3n) is 3.51. The maximum atomic E-state index is 12.4. The monoisotopic (exact) mass is 285 g/mol. The van der Waals surface area contributed by atoms with E-state index in [1.54, 1.807) is 19.0 Å². The third kappa shape index (κ3) is 4.11. The first kappa shape index (κ1) is 16.3. The average Bonchev–Trinajstić information content (AvgIpc) is 2.81. The fourth-order valence-electron chi connectivity index (χ4n) is 2.30. The first-order valence-electron chi connectivity index (χ1n) is 6.84. The van der Waals surface area contributed by atoms with Crippen LogP contribution in [-0.2, 0) is 9.59 Å². The number of hydrogen-bond acceptors (Lipinski definition) is 3. The molecule has 0 aromatic heterocycles. The lowest BCUT2D eigenvalue weighted by Gasteiger charge is -2.31. The van der Waals surface area contributed by atoms with Crippen LogP contribution in [0.5, 0.6) is 0 Å². The number of carbonyl (C=O) groups is 3. The van der Waals surface area contributed by atoms with Crippen LogP contribution in [0.3, 0.4) is 0 Å². The summed E-state index contributed by atoms with van der Waals surface area (Å²) >= 11 is 0. The van der Waals surface area contributed by atoms with Gasteiger partial charge in [0.15, 0.2) is 0 Å². The molecule has 0 aliphatic carbocycles. The summed E-state index contributed by atoms with van der Waals surface area (Å²) in [6.45, 7) is 2.82. The molecule has 1 N–H and O–H groups in total. The Morgan fingerprint density at radius 2 is 1.95 bits per heavy atom. The Kier molecular flexibility index (Phi) is 5.79. The van der Waals surface area contributed by atoms with Crippen LogP contribution in [0.1, 0.15) is 26.2 Å². The fraction of sp³-hybridized carbons (Fsp3) is 0.769. The Labute approximate surface area is 119 Å². The number of carboxylic acid groups (broad SMARTS) is 1. The molecule has 1 rings (SSSR count). The summed E-state index contributed by atoms with van der Waals surface area (Å²) in [6, 6.07) is -0.505. The highest BCUT2D eigenvalue weighted by Gasteiger charge is 2.33. The molecular formula is C13H23N3O4. The van der Waals surface area contributed by atoms with Gasteiger partial charge in [-0.2, -0.15) is 0 Å². The van der Waals surface area contributed by atoms with Crippen LogP contribution in [0.25, 0.3) is 0 Å². The number of amides is 3. The molecule has 7 heteroatoms. The summed E-state index contributed by atoms with van der Waals surface area (Å²) in [4.78, 5) is 39.4. The van der Waals surface area contributed by atoms with Gasteiger partial charge >= 0.3 is 12.0 Å². The molecule has 0 saturated carbocycles. The molecule has 1 fully saturated rings. The quantitative estimate of drug-likeness (QED) is 0.795. The van der Waals surface area contributed by atoms with E-state index in [-0.39, 0.29) is 30.9 Å². The number of carbonyl (C=O) groups excluding carboxylic acids is 2. The Morgan fingerprint density at radius 1 is 1.30 bits per heavy atom. The average molecular weight is 285 g/mol. The van der Waals surface area contributed by atoms with Gasteiger partial charge in [0.05, 0.1) is 6.42 Å². The molecule has 0 aromatic carbocycles. The van der Waals surface area contributed by atoms with Crippen molar-refractivity contribution in [2.45, 2.75) is 32.2 Å². The van der Waals surface area contributed by atoms with Crippen molar-refractivity contribution in [3.05, 3.63) is 0 Å². The van der Waals surface area contributed by atoms with E-state index in [2.05, 4.69) is 0 Å². The molecule has 0 bridgehead atoms. The zero-order chi connectivity index (χ0) is 15.3. The first-order valence-corrected chi connectivity index (χ1v) is 6.84. The SMILES string of the molecule is CCN(CC(=O)N(C)C)C(=O)N1CCCC1CC(=O)O. The fourth-order valence-corrected chi connectivity index (χ4v) is 2.30. The third-order valence-corrected chi connectivity index (χ3v) is 3.51. The van der Waals surface area contributed by atoms with E-state index in [0.717, 1.165) is 6.42 Å². The van der Waals surface area contributed by atoms with Crippen molar-refractivity contribution in [1.82, 2.24) is 14.7 Å². The molecule has 1 heterocycles. The van der Waals surface area contributed by atoms with Gasteiger partial charge in [0, 0.05) is 33.2 Å². The minimum absolute atomic E-state index is 0.0264. The van der Waals surface area contributed by atoms with Crippen LogP contribution in [0, 0.1) is 0 Å². The number of aliphatic carboxylic acids is 1. The van der Waals surface area contributed by atoms with E-state index in [4.69, 9.17) is 5.11 Å². The van der Waals surface area contributed by atoms with Crippen LogP contribution in [0.15, 0.2) is 0 Å². The summed E-state index contributed by atoms with van der Waals surface area (Å²) in [5.41, 5.74) is 0. The molecule has 7 nitrogen and oxygen atoms in total. The second-order valence-electron chi connectivity index (χ2n) is 5.17. The highest BCUT2D eigenvalue weighted by atomic mass is 16.4. The van der Waals surface area contributed by atoms with Gasteiger partial charge in [-0.3, -0.25) is 9.59 Å². The lowest BCUT2D eigenvalue weighted by Crippen LogP contribution is -2.49. The van der Waals surface area contributed by atoms with E-state index in [1.807, 2.05) is 6.92 Å². The number of likely N-dealkylation sites (N-methyl/N-ethyl adjacent to an activating group) is 2.